The van der Waals surface area contributed by atoms with Gasteiger partial charge in [-0.15, -0.1) is 0 Å². The molecule has 1 aromatic rings. The highest BCUT2D eigenvalue weighted by molar-refractivity contribution is 5.96. The zero-order valence-corrected chi connectivity index (χ0v) is 8.63. The Morgan fingerprint density at radius 3 is 2.65 bits per heavy atom. The molecule has 1 aromatic carbocycles. The number of carbonyl (C=O) groups is 2. The average molecular weight is 243 g/mol. The SMILES string of the molecule is Nc1ccccc1OCOC(=O)C(F)C(=O)O. The van der Waals surface area contributed by atoms with E-state index in [1.54, 1.807) is 18.2 Å². The number of rotatable bonds is 5. The Morgan fingerprint density at radius 2 is 2.06 bits per heavy atom. The minimum absolute atomic E-state index is 0.256. The molecule has 0 saturated carbocycles. The molecule has 92 valence electrons. The molecular formula is C10H10FNO5. The van der Waals surface area contributed by atoms with Gasteiger partial charge in [0, 0.05) is 0 Å². The van der Waals surface area contributed by atoms with Crippen LogP contribution >= 0.6 is 0 Å². The highest BCUT2D eigenvalue weighted by Crippen LogP contribution is 2.19. The number of nitrogens with two attached hydrogens (primary N) is 1. The van der Waals surface area contributed by atoms with Gasteiger partial charge in [-0.05, 0) is 12.1 Å². The van der Waals surface area contributed by atoms with Gasteiger partial charge in [-0.25, -0.2) is 14.0 Å². The van der Waals surface area contributed by atoms with E-state index in [2.05, 4.69) is 4.74 Å². The first-order valence-electron chi connectivity index (χ1n) is 4.53. The predicted octanol–water partition coefficient (Wildman–Crippen LogP) is 0.571. The van der Waals surface area contributed by atoms with Crippen LogP contribution in [0.5, 0.6) is 5.75 Å². The molecule has 1 unspecified atom stereocenters. The molecule has 0 saturated heterocycles. The number of hydrogen-bond donors (Lipinski definition) is 2. The number of benzene rings is 1. The summed E-state index contributed by atoms with van der Waals surface area (Å²) in [4.78, 5) is 20.9. The summed E-state index contributed by atoms with van der Waals surface area (Å²) in [5, 5.41) is 8.18. The highest BCUT2D eigenvalue weighted by atomic mass is 19.1. The van der Waals surface area contributed by atoms with E-state index >= 15 is 0 Å². The highest BCUT2D eigenvalue weighted by Gasteiger charge is 2.27. The van der Waals surface area contributed by atoms with Gasteiger partial charge >= 0.3 is 11.9 Å². The van der Waals surface area contributed by atoms with E-state index in [4.69, 9.17) is 15.6 Å². The summed E-state index contributed by atoms with van der Waals surface area (Å²) in [6.45, 7) is -0.610. The summed E-state index contributed by atoms with van der Waals surface area (Å²) < 4.78 is 21.7. The Bertz CT molecular complexity index is 423. The van der Waals surface area contributed by atoms with E-state index in [1.807, 2.05) is 0 Å². The van der Waals surface area contributed by atoms with Crippen molar-refractivity contribution in [2.24, 2.45) is 0 Å². The lowest BCUT2D eigenvalue weighted by Crippen LogP contribution is -2.28. The fraction of sp³-hybridized carbons (Fsp3) is 0.200. The minimum atomic E-state index is -2.72. The van der Waals surface area contributed by atoms with Crippen molar-refractivity contribution in [3.8, 4) is 5.75 Å². The molecule has 0 spiro atoms. The van der Waals surface area contributed by atoms with Gasteiger partial charge in [-0.2, -0.15) is 0 Å². The fourth-order valence-electron chi connectivity index (χ4n) is 0.937. The number of esters is 1. The molecule has 3 N–H and O–H groups in total. The lowest BCUT2D eigenvalue weighted by Gasteiger charge is -2.09. The van der Waals surface area contributed by atoms with Crippen LogP contribution in [0.15, 0.2) is 24.3 Å². The van der Waals surface area contributed by atoms with E-state index in [1.165, 1.54) is 6.07 Å². The van der Waals surface area contributed by atoms with Crippen LogP contribution in [0, 0.1) is 0 Å². The molecule has 1 atom stereocenters. The zero-order chi connectivity index (χ0) is 12.8. The Kier molecular flexibility index (Phi) is 4.27. The number of carbonyl (C=O) groups excluding carboxylic acids is 1. The molecule has 0 radical (unpaired) electrons. The number of para-hydroxylation sites is 2. The molecule has 0 aliphatic heterocycles. The second-order valence-electron chi connectivity index (χ2n) is 2.96. The van der Waals surface area contributed by atoms with Gasteiger partial charge in [-0.1, -0.05) is 12.1 Å². The Morgan fingerprint density at radius 1 is 1.41 bits per heavy atom. The van der Waals surface area contributed by atoms with E-state index in [0.717, 1.165) is 0 Å². The minimum Gasteiger partial charge on any atom is -0.479 e. The molecule has 0 fully saturated rings. The number of aliphatic carboxylic acids is 1. The van der Waals surface area contributed by atoms with Crippen LogP contribution in [-0.4, -0.2) is 30.0 Å². The smallest absolute Gasteiger partial charge is 0.355 e. The quantitative estimate of drug-likeness (QED) is 0.339. The van der Waals surface area contributed by atoms with Crippen molar-refractivity contribution in [1.82, 2.24) is 0 Å². The third-order valence-electron chi connectivity index (χ3n) is 1.76. The normalized spacial score (nSPS) is 11.6. The van der Waals surface area contributed by atoms with Crippen LogP contribution in [0.2, 0.25) is 0 Å². The van der Waals surface area contributed by atoms with E-state index in [0.29, 0.717) is 5.69 Å². The van der Waals surface area contributed by atoms with Crippen molar-refractivity contribution >= 4 is 17.6 Å². The summed E-state index contributed by atoms with van der Waals surface area (Å²) in [6.07, 6.45) is -2.72. The molecule has 0 aromatic heterocycles. The summed E-state index contributed by atoms with van der Waals surface area (Å²) in [5.41, 5.74) is 5.83. The second kappa shape index (κ2) is 5.69. The van der Waals surface area contributed by atoms with Crippen LogP contribution in [0.3, 0.4) is 0 Å². The van der Waals surface area contributed by atoms with Gasteiger partial charge in [0.05, 0.1) is 5.69 Å². The van der Waals surface area contributed by atoms with Crippen molar-refractivity contribution < 1.29 is 28.6 Å². The molecule has 0 amide bonds. The first-order valence-corrected chi connectivity index (χ1v) is 4.53. The summed E-state index contributed by atoms with van der Waals surface area (Å²) in [5.74, 6) is -3.17. The monoisotopic (exact) mass is 243 g/mol. The molecule has 1 rings (SSSR count). The van der Waals surface area contributed by atoms with Crippen LogP contribution < -0.4 is 10.5 Å². The van der Waals surface area contributed by atoms with E-state index in [9.17, 15) is 14.0 Å². The standard InChI is InChI=1S/C10H10FNO5/c11-8(9(13)14)10(15)17-5-16-7-4-2-1-3-6(7)12/h1-4,8H,5,12H2,(H,13,14). The number of carboxylic acid groups (broad SMARTS) is 1. The first kappa shape index (κ1) is 12.8. The maximum atomic E-state index is 12.6. The molecule has 17 heavy (non-hydrogen) atoms. The predicted molar refractivity (Wildman–Crippen MR) is 55.0 cm³/mol. The number of alkyl halides is 1. The number of nitrogen functional groups attached to an aromatic ring is 1. The van der Waals surface area contributed by atoms with Gasteiger partial charge in [0.15, 0.2) is 0 Å². The summed E-state index contributed by atoms with van der Waals surface area (Å²) >= 11 is 0. The third-order valence-corrected chi connectivity index (χ3v) is 1.76. The van der Waals surface area contributed by atoms with E-state index in [-0.39, 0.29) is 5.75 Å². The molecule has 0 heterocycles. The van der Waals surface area contributed by atoms with Crippen molar-refractivity contribution in [2.75, 3.05) is 12.5 Å². The van der Waals surface area contributed by atoms with E-state index < -0.39 is 24.9 Å². The zero-order valence-electron chi connectivity index (χ0n) is 8.63. The number of anilines is 1. The van der Waals surface area contributed by atoms with Crippen LogP contribution in [-0.2, 0) is 14.3 Å². The van der Waals surface area contributed by atoms with Crippen molar-refractivity contribution in [3.63, 3.8) is 0 Å². The number of carboxylic acids is 1. The lowest BCUT2D eigenvalue weighted by molar-refractivity contribution is -0.164. The van der Waals surface area contributed by atoms with Gasteiger partial charge in [0.2, 0.25) is 6.79 Å². The van der Waals surface area contributed by atoms with Crippen LogP contribution in [0.1, 0.15) is 0 Å². The summed E-state index contributed by atoms with van der Waals surface area (Å²) in [7, 11) is 0. The molecular weight excluding hydrogens is 233 g/mol. The van der Waals surface area contributed by atoms with Crippen molar-refractivity contribution in [3.05, 3.63) is 24.3 Å². The molecule has 0 aliphatic rings. The third kappa shape index (κ3) is 3.63. The van der Waals surface area contributed by atoms with Gasteiger partial charge < -0.3 is 20.3 Å². The number of hydrogen-bond acceptors (Lipinski definition) is 5. The largest absolute Gasteiger partial charge is 0.479 e. The van der Waals surface area contributed by atoms with Gasteiger partial charge in [-0.3, -0.25) is 0 Å². The maximum Gasteiger partial charge on any atom is 0.355 e. The fourth-order valence-corrected chi connectivity index (χ4v) is 0.937. The van der Waals surface area contributed by atoms with Gasteiger partial charge in [0.25, 0.3) is 6.17 Å². The first-order chi connectivity index (χ1) is 8.02. The topological polar surface area (TPSA) is 98.9 Å². The maximum absolute atomic E-state index is 12.6. The Labute approximate surface area is 95.7 Å². The lowest BCUT2D eigenvalue weighted by atomic mass is 10.3. The van der Waals surface area contributed by atoms with Crippen molar-refractivity contribution in [2.45, 2.75) is 6.17 Å². The molecule has 7 heteroatoms. The summed E-state index contributed by atoms with van der Waals surface area (Å²) in [6, 6.07) is 6.40. The number of halogens is 1. The van der Waals surface area contributed by atoms with Crippen molar-refractivity contribution in [1.29, 1.82) is 0 Å². The Balaban J connectivity index is 2.41. The molecule has 0 aliphatic carbocycles. The second-order valence-corrected chi connectivity index (χ2v) is 2.96. The van der Waals surface area contributed by atoms with Gasteiger partial charge in [0.1, 0.15) is 5.75 Å². The molecule has 6 nitrogen and oxygen atoms in total. The van der Waals surface area contributed by atoms with Crippen LogP contribution in [0.25, 0.3) is 0 Å². The average Bonchev–Trinajstić information content (AvgIpc) is 2.30. The van der Waals surface area contributed by atoms with Crippen LogP contribution in [0.4, 0.5) is 10.1 Å². The molecule has 0 bridgehead atoms. The number of ether oxygens (including phenoxy) is 2. The Hall–Kier alpha value is -2.31.